The molecule has 18 heavy (non-hydrogen) atoms. The van der Waals surface area contributed by atoms with Crippen LogP contribution in [0.1, 0.15) is 31.9 Å². The molecule has 0 radical (unpaired) electrons. The molecule has 2 nitrogen and oxygen atoms in total. The second-order valence-electron chi connectivity index (χ2n) is 4.96. The Bertz CT molecular complexity index is 413. The summed E-state index contributed by atoms with van der Waals surface area (Å²) in [4.78, 5) is 11.5. The zero-order valence-electron chi connectivity index (χ0n) is 10.5. The van der Waals surface area contributed by atoms with Gasteiger partial charge in [0.1, 0.15) is 5.60 Å². The zero-order chi connectivity index (χ0) is 14.0. The Balaban J connectivity index is 2.67. The van der Waals surface area contributed by atoms with Crippen LogP contribution in [-0.4, -0.2) is 11.6 Å². The minimum absolute atomic E-state index is 0.0323. The van der Waals surface area contributed by atoms with Gasteiger partial charge in [-0.3, -0.25) is 4.79 Å². The highest BCUT2D eigenvalue weighted by molar-refractivity contribution is 5.73. The number of hydrogen-bond acceptors (Lipinski definition) is 2. The number of carbonyl (C=O) groups excluding carboxylic acids is 1. The van der Waals surface area contributed by atoms with Crippen molar-refractivity contribution in [2.24, 2.45) is 0 Å². The molecule has 1 aromatic carbocycles. The third-order valence-corrected chi connectivity index (χ3v) is 2.05. The number of ether oxygens (including phenoxy) is 1. The molecule has 0 spiro atoms. The Morgan fingerprint density at radius 1 is 1.11 bits per heavy atom. The van der Waals surface area contributed by atoms with Crippen LogP contribution in [0.15, 0.2) is 24.3 Å². The summed E-state index contributed by atoms with van der Waals surface area (Å²) in [6.07, 6.45) is -4.39. The molecule has 0 atom stereocenters. The van der Waals surface area contributed by atoms with E-state index >= 15 is 0 Å². The minimum Gasteiger partial charge on any atom is -0.460 e. The third-order valence-electron chi connectivity index (χ3n) is 2.05. The molecule has 0 amide bonds. The van der Waals surface area contributed by atoms with Crippen molar-refractivity contribution in [3.05, 3.63) is 35.4 Å². The first-order valence-corrected chi connectivity index (χ1v) is 5.46. The lowest BCUT2D eigenvalue weighted by molar-refractivity contribution is -0.153. The SMILES string of the molecule is CC(C)(C)OC(=O)Cc1ccc(C(F)(F)F)cc1. The quantitative estimate of drug-likeness (QED) is 0.759. The fourth-order valence-corrected chi connectivity index (χ4v) is 1.36. The highest BCUT2D eigenvalue weighted by Gasteiger charge is 2.30. The van der Waals surface area contributed by atoms with Crippen molar-refractivity contribution in [1.29, 1.82) is 0 Å². The first-order valence-electron chi connectivity index (χ1n) is 5.46. The lowest BCUT2D eigenvalue weighted by atomic mass is 10.1. The van der Waals surface area contributed by atoms with Gasteiger partial charge in [-0.2, -0.15) is 13.2 Å². The third kappa shape index (κ3) is 4.77. The molecule has 0 fully saturated rings. The van der Waals surface area contributed by atoms with Crippen LogP contribution in [0, 0.1) is 0 Å². The molecule has 0 aromatic heterocycles. The van der Waals surface area contributed by atoms with Crippen molar-refractivity contribution in [1.82, 2.24) is 0 Å². The molecule has 0 unspecified atom stereocenters. The molecule has 0 saturated carbocycles. The van der Waals surface area contributed by atoms with Gasteiger partial charge in [-0.25, -0.2) is 0 Å². The Kier molecular flexibility index (Phi) is 4.04. The fourth-order valence-electron chi connectivity index (χ4n) is 1.36. The fraction of sp³-hybridized carbons (Fsp3) is 0.462. The van der Waals surface area contributed by atoms with Crippen molar-refractivity contribution in [3.63, 3.8) is 0 Å². The molecule has 0 bridgehead atoms. The zero-order valence-corrected chi connectivity index (χ0v) is 10.5. The Morgan fingerprint density at radius 2 is 1.61 bits per heavy atom. The average Bonchev–Trinajstić information content (AvgIpc) is 2.13. The van der Waals surface area contributed by atoms with Crippen LogP contribution in [0.3, 0.4) is 0 Å². The van der Waals surface area contributed by atoms with E-state index in [1.54, 1.807) is 20.8 Å². The van der Waals surface area contributed by atoms with Crippen LogP contribution in [0.25, 0.3) is 0 Å². The molecular formula is C13H15F3O2. The summed E-state index contributed by atoms with van der Waals surface area (Å²) in [6, 6.07) is 4.49. The number of halogens is 3. The summed E-state index contributed by atoms with van der Waals surface area (Å²) in [5.74, 6) is -0.456. The second kappa shape index (κ2) is 5.00. The monoisotopic (exact) mass is 260 g/mol. The summed E-state index contributed by atoms with van der Waals surface area (Å²) in [7, 11) is 0. The molecule has 5 heteroatoms. The van der Waals surface area contributed by atoms with E-state index in [1.807, 2.05) is 0 Å². The highest BCUT2D eigenvalue weighted by Crippen LogP contribution is 2.29. The molecule has 0 aliphatic rings. The van der Waals surface area contributed by atoms with Crippen LogP contribution < -0.4 is 0 Å². The molecule has 0 heterocycles. The Hall–Kier alpha value is -1.52. The van der Waals surface area contributed by atoms with Gasteiger partial charge in [0, 0.05) is 0 Å². The van der Waals surface area contributed by atoms with Crippen molar-refractivity contribution in [2.75, 3.05) is 0 Å². The van der Waals surface area contributed by atoms with E-state index in [4.69, 9.17) is 4.74 Å². The van der Waals surface area contributed by atoms with E-state index in [0.29, 0.717) is 5.56 Å². The van der Waals surface area contributed by atoms with Gasteiger partial charge in [0.25, 0.3) is 0 Å². The van der Waals surface area contributed by atoms with Crippen LogP contribution in [-0.2, 0) is 22.1 Å². The number of benzene rings is 1. The maximum atomic E-state index is 12.3. The topological polar surface area (TPSA) is 26.3 Å². The van der Waals surface area contributed by atoms with E-state index in [0.717, 1.165) is 12.1 Å². The van der Waals surface area contributed by atoms with E-state index in [1.165, 1.54) is 12.1 Å². The maximum Gasteiger partial charge on any atom is 0.416 e. The van der Waals surface area contributed by atoms with Gasteiger partial charge in [0.2, 0.25) is 0 Å². The van der Waals surface area contributed by atoms with Gasteiger partial charge < -0.3 is 4.74 Å². The minimum atomic E-state index is -4.36. The second-order valence-corrected chi connectivity index (χ2v) is 4.96. The number of carbonyl (C=O) groups is 1. The van der Waals surface area contributed by atoms with E-state index in [2.05, 4.69) is 0 Å². The van der Waals surface area contributed by atoms with Gasteiger partial charge in [-0.1, -0.05) is 12.1 Å². The van der Waals surface area contributed by atoms with Gasteiger partial charge in [0.15, 0.2) is 0 Å². The van der Waals surface area contributed by atoms with Crippen molar-refractivity contribution in [2.45, 2.75) is 39.0 Å². The summed E-state index contributed by atoms with van der Waals surface area (Å²) < 4.78 is 42.0. The first kappa shape index (κ1) is 14.5. The molecular weight excluding hydrogens is 245 g/mol. The van der Waals surface area contributed by atoms with Gasteiger partial charge in [-0.15, -0.1) is 0 Å². The van der Waals surface area contributed by atoms with Gasteiger partial charge in [0.05, 0.1) is 12.0 Å². The smallest absolute Gasteiger partial charge is 0.416 e. The van der Waals surface area contributed by atoms with E-state index in [-0.39, 0.29) is 6.42 Å². The molecule has 1 rings (SSSR count). The highest BCUT2D eigenvalue weighted by atomic mass is 19.4. The van der Waals surface area contributed by atoms with E-state index in [9.17, 15) is 18.0 Å². The van der Waals surface area contributed by atoms with Crippen LogP contribution in [0.5, 0.6) is 0 Å². The number of alkyl halides is 3. The van der Waals surface area contributed by atoms with Crippen molar-refractivity contribution >= 4 is 5.97 Å². The van der Waals surface area contributed by atoms with Crippen LogP contribution in [0.4, 0.5) is 13.2 Å². The number of hydrogen-bond donors (Lipinski definition) is 0. The predicted molar refractivity (Wildman–Crippen MR) is 61.0 cm³/mol. The predicted octanol–water partition coefficient (Wildman–Crippen LogP) is 3.59. The summed E-state index contributed by atoms with van der Waals surface area (Å²) in [6.45, 7) is 5.20. The van der Waals surface area contributed by atoms with Crippen LogP contribution in [0.2, 0.25) is 0 Å². The largest absolute Gasteiger partial charge is 0.460 e. The average molecular weight is 260 g/mol. The molecule has 0 saturated heterocycles. The molecule has 0 aliphatic carbocycles. The van der Waals surface area contributed by atoms with Crippen molar-refractivity contribution < 1.29 is 22.7 Å². The molecule has 100 valence electrons. The number of rotatable bonds is 2. The summed E-state index contributed by atoms with van der Waals surface area (Å²) in [5.41, 5.74) is -0.823. The van der Waals surface area contributed by atoms with Gasteiger partial charge in [-0.05, 0) is 38.5 Å². The van der Waals surface area contributed by atoms with Gasteiger partial charge >= 0.3 is 12.1 Å². The van der Waals surface area contributed by atoms with E-state index < -0.39 is 23.3 Å². The lowest BCUT2D eigenvalue weighted by Crippen LogP contribution is -2.24. The lowest BCUT2D eigenvalue weighted by Gasteiger charge is -2.19. The molecule has 0 aliphatic heterocycles. The van der Waals surface area contributed by atoms with Crippen molar-refractivity contribution in [3.8, 4) is 0 Å². The standard InChI is InChI=1S/C13H15F3O2/c1-12(2,3)18-11(17)8-9-4-6-10(7-5-9)13(14,15)16/h4-7H,8H2,1-3H3. The normalized spacial score (nSPS) is 12.3. The summed E-state index contributed by atoms with van der Waals surface area (Å²) in [5, 5.41) is 0. The Morgan fingerprint density at radius 3 is 2.00 bits per heavy atom. The summed E-state index contributed by atoms with van der Waals surface area (Å²) >= 11 is 0. The molecule has 1 aromatic rings. The Labute approximate surface area is 104 Å². The first-order chi connectivity index (χ1) is 8.08. The maximum absolute atomic E-state index is 12.3. The van der Waals surface area contributed by atoms with Crippen LogP contribution >= 0.6 is 0 Å². The molecule has 0 N–H and O–H groups in total. The number of esters is 1.